The minimum atomic E-state index is -0.844. The van der Waals surface area contributed by atoms with E-state index in [1.807, 2.05) is 22.8 Å². The SMILES string of the molecule is CC(C)(C)OC(=O)N1C(=O)c2cc(N3CCOCC3)ccc2OC/C=C/Cn2cnnc2-c2cccc1n2. The van der Waals surface area contributed by atoms with Crippen LogP contribution in [-0.4, -0.2) is 70.3 Å². The summed E-state index contributed by atoms with van der Waals surface area (Å²) in [5.41, 5.74) is 0.680. The molecule has 0 saturated carbocycles. The van der Waals surface area contributed by atoms with Crippen molar-refractivity contribution in [1.82, 2.24) is 19.7 Å². The highest BCUT2D eigenvalue weighted by molar-refractivity contribution is 6.20. The molecule has 1 aromatic carbocycles. The van der Waals surface area contributed by atoms with E-state index in [-0.39, 0.29) is 18.0 Å². The van der Waals surface area contributed by atoms with Gasteiger partial charge in [0.05, 0.1) is 18.8 Å². The van der Waals surface area contributed by atoms with E-state index in [1.54, 1.807) is 57.4 Å². The molecule has 0 radical (unpaired) electrons. The minimum Gasteiger partial charge on any atom is -0.489 e. The van der Waals surface area contributed by atoms with E-state index in [0.717, 1.165) is 10.6 Å². The molecule has 0 spiro atoms. The van der Waals surface area contributed by atoms with Crippen LogP contribution in [0.4, 0.5) is 16.3 Å². The van der Waals surface area contributed by atoms with Gasteiger partial charge in [-0.25, -0.2) is 9.78 Å². The quantitative estimate of drug-likeness (QED) is 0.445. The van der Waals surface area contributed by atoms with Gasteiger partial charge in [-0.1, -0.05) is 12.1 Å². The van der Waals surface area contributed by atoms with Crippen molar-refractivity contribution < 1.29 is 23.8 Å². The first-order valence-corrected chi connectivity index (χ1v) is 12.5. The number of hydrogen-bond donors (Lipinski definition) is 0. The number of hydrogen-bond acceptors (Lipinski definition) is 9. The average Bonchev–Trinajstić information content (AvgIpc) is 3.36. The fourth-order valence-electron chi connectivity index (χ4n) is 4.19. The summed E-state index contributed by atoms with van der Waals surface area (Å²) in [4.78, 5) is 35.4. The molecule has 11 heteroatoms. The average molecular weight is 519 g/mol. The number of fused-ring (bicyclic) bond motifs is 5. The van der Waals surface area contributed by atoms with Gasteiger partial charge in [0.2, 0.25) is 0 Å². The summed E-state index contributed by atoms with van der Waals surface area (Å²) in [5.74, 6) is 0.340. The Morgan fingerprint density at radius 2 is 1.89 bits per heavy atom. The zero-order chi connectivity index (χ0) is 26.7. The van der Waals surface area contributed by atoms with Crippen LogP contribution < -0.4 is 14.5 Å². The topological polar surface area (TPSA) is 112 Å². The molecule has 0 aliphatic carbocycles. The van der Waals surface area contributed by atoms with Crippen molar-refractivity contribution in [3.8, 4) is 17.3 Å². The van der Waals surface area contributed by atoms with Gasteiger partial charge in [-0.2, -0.15) is 4.90 Å². The lowest BCUT2D eigenvalue weighted by Gasteiger charge is -2.30. The molecule has 2 aromatic heterocycles. The summed E-state index contributed by atoms with van der Waals surface area (Å²) in [6, 6.07) is 10.5. The van der Waals surface area contributed by atoms with Crippen LogP contribution in [0, 0.1) is 0 Å². The number of pyridine rings is 1. The number of carbonyl (C=O) groups excluding carboxylic acids is 2. The Morgan fingerprint density at radius 1 is 1.08 bits per heavy atom. The molecule has 4 heterocycles. The van der Waals surface area contributed by atoms with Crippen molar-refractivity contribution in [3.63, 3.8) is 0 Å². The molecular weight excluding hydrogens is 488 g/mol. The third-order valence-corrected chi connectivity index (χ3v) is 5.96. The molecule has 5 rings (SSSR count). The Bertz CT molecular complexity index is 1360. The Labute approximate surface area is 220 Å². The molecule has 0 atom stereocenters. The monoisotopic (exact) mass is 518 g/mol. The summed E-state index contributed by atoms with van der Waals surface area (Å²) in [7, 11) is 0. The van der Waals surface area contributed by atoms with E-state index in [9.17, 15) is 9.59 Å². The van der Waals surface area contributed by atoms with Crippen LogP contribution >= 0.6 is 0 Å². The fourth-order valence-corrected chi connectivity index (χ4v) is 4.19. The van der Waals surface area contributed by atoms with Gasteiger partial charge in [0, 0.05) is 25.3 Å². The number of allylic oxidation sites excluding steroid dienone is 1. The molecule has 198 valence electrons. The number of ether oxygens (including phenoxy) is 3. The van der Waals surface area contributed by atoms with E-state index >= 15 is 0 Å². The molecule has 2 amide bonds. The van der Waals surface area contributed by atoms with Gasteiger partial charge >= 0.3 is 6.09 Å². The van der Waals surface area contributed by atoms with Gasteiger partial charge in [0.1, 0.15) is 35.8 Å². The van der Waals surface area contributed by atoms with Crippen molar-refractivity contribution in [2.24, 2.45) is 0 Å². The molecule has 38 heavy (non-hydrogen) atoms. The molecule has 2 aliphatic heterocycles. The lowest BCUT2D eigenvalue weighted by molar-refractivity contribution is 0.0562. The molecule has 1 saturated heterocycles. The van der Waals surface area contributed by atoms with Gasteiger partial charge < -0.3 is 23.7 Å². The number of rotatable bonds is 1. The summed E-state index contributed by atoms with van der Waals surface area (Å²) < 4.78 is 18.9. The zero-order valence-corrected chi connectivity index (χ0v) is 21.7. The lowest BCUT2D eigenvalue weighted by Crippen LogP contribution is -2.42. The predicted molar refractivity (Wildman–Crippen MR) is 140 cm³/mol. The molecule has 2 aliphatic rings. The van der Waals surface area contributed by atoms with Gasteiger partial charge in [-0.15, -0.1) is 10.2 Å². The zero-order valence-electron chi connectivity index (χ0n) is 21.7. The first kappa shape index (κ1) is 25.4. The predicted octanol–water partition coefficient (Wildman–Crippen LogP) is 3.71. The molecule has 0 unspecified atom stereocenters. The molecule has 3 aromatic rings. The summed E-state index contributed by atoms with van der Waals surface area (Å²) in [6.45, 7) is 8.52. The smallest absolute Gasteiger partial charge is 0.423 e. The first-order chi connectivity index (χ1) is 18.3. The van der Waals surface area contributed by atoms with E-state index in [0.29, 0.717) is 50.1 Å². The molecule has 1 fully saturated rings. The van der Waals surface area contributed by atoms with Crippen LogP contribution in [0.5, 0.6) is 5.75 Å². The highest BCUT2D eigenvalue weighted by Crippen LogP contribution is 2.30. The number of amides is 2. The van der Waals surface area contributed by atoms with E-state index in [2.05, 4.69) is 20.1 Å². The van der Waals surface area contributed by atoms with E-state index in [1.165, 1.54) is 0 Å². The maximum atomic E-state index is 14.2. The Morgan fingerprint density at radius 3 is 2.68 bits per heavy atom. The third kappa shape index (κ3) is 5.52. The van der Waals surface area contributed by atoms with Crippen molar-refractivity contribution in [3.05, 3.63) is 60.4 Å². The number of nitrogens with zero attached hydrogens (tertiary/aromatic N) is 6. The van der Waals surface area contributed by atoms with E-state index in [4.69, 9.17) is 14.2 Å². The van der Waals surface area contributed by atoms with Gasteiger partial charge in [0.15, 0.2) is 5.82 Å². The maximum Gasteiger partial charge on any atom is 0.423 e. The van der Waals surface area contributed by atoms with Crippen LogP contribution in [-0.2, 0) is 16.0 Å². The van der Waals surface area contributed by atoms with Crippen LogP contribution in [0.1, 0.15) is 31.1 Å². The summed E-state index contributed by atoms with van der Waals surface area (Å²) >= 11 is 0. The van der Waals surface area contributed by atoms with Crippen molar-refractivity contribution in [2.45, 2.75) is 32.9 Å². The van der Waals surface area contributed by atoms with Crippen molar-refractivity contribution in [1.29, 1.82) is 0 Å². The number of imide groups is 1. The normalized spacial score (nSPS) is 17.1. The van der Waals surface area contributed by atoms with Gasteiger partial charge in [0.25, 0.3) is 5.91 Å². The van der Waals surface area contributed by atoms with E-state index < -0.39 is 17.6 Å². The number of carbonyl (C=O) groups is 2. The number of morpholine rings is 1. The second kappa shape index (κ2) is 10.6. The standard InChI is InChI=1S/C27H30N6O5/c1-27(2,3)38-26(35)33-23-8-6-7-21(29-23)24-30-28-18-32(24)11-4-5-14-37-22-10-9-19(17-20(22)25(33)34)31-12-15-36-16-13-31/h4-10,17-18H,11-16H2,1-3H3/b5-4+. The van der Waals surface area contributed by atoms with Crippen molar-refractivity contribution >= 4 is 23.5 Å². The molecule has 0 N–H and O–H groups in total. The largest absolute Gasteiger partial charge is 0.489 e. The highest BCUT2D eigenvalue weighted by Gasteiger charge is 2.33. The third-order valence-electron chi connectivity index (χ3n) is 5.96. The Balaban J connectivity index is 1.64. The number of benzene rings is 1. The maximum absolute atomic E-state index is 14.2. The van der Waals surface area contributed by atoms with Crippen LogP contribution in [0.25, 0.3) is 11.5 Å². The first-order valence-electron chi connectivity index (χ1n) is 12.5. The summed E-state index contributed by atoms with van der Waals surface area (Å²) in [6.07, 6.45) is 4.54. The van der Waals surface area contributed by atoms with Crippen LogP contribution in [0.15, 0.2) is 54.9 Å². The lowest BCUT2D eigenvalue weighted by atomic mass is 10.1. The van der Waals surface area contributed by atoms with Gasteiger partial charge in [-0.05, 0) is 57.2 Å². The summed E-state index contributed by atoms with van der Waals surface area (Å²) in [5, 5.41) is 8.21. The molecular formula is C27H30N6O5. The van der Waals surface area contributed by atoms with Gasteiger partial charge in [-0.3, -0.25) is 4.79 Å². The number of anilines is 2. The minimum absolute atomic E-state index is 0.103. The van der Waals surface area contributed by atoms with Crippen molar-refractivity contribution in [2.75, 3.05) is 42.7 Å². The Kier molecular flexibility index (Phi) is 7.10. The van der Waals surface area contributed by atoms with Crippen LogP contribution in [0.3, 0.4) is 0 Å². The highest BCUT2D eigenvalue weighted by atomic mass is 16.6. The molecule has 11 nitrogen and oxygen atoms in total. The van der Waals surface area contributed by atoms with Crippen LogP contribution in [0.2, 0.25) is 0 Å². The Hall–Kier alpha value is -4.25. The second-order valence-corrected chi connectivity index (χ2v) is 9.87. The number of aromatic nitrogens is 4. The second-order valence-electron chi connectivity index (χ2n) is 9.87. The molecule has 2 bridgehead atoms. The fraction of sp³-hybridized carbons (Fsp3) is 0.370.